The molecule has 5 rings (SSSR count). The maximum atomic E-state index is 13.3. The van der Waals surface area contributed by atoms with Crippen LogP contribution in [0.4, 0.5) is 4.39 Å². The number of nitrogens with one attached hydrogen (secondary N) is 1. The number of halogens is 2. The van der Waals surface area contributed by atoms with Crippen molar-refractivity contribution < 1.29 is 18.7 Å². The van der Waals surface area contributed by atoms with Gasteiger partial charge in [0.05, 0.1) is 24.5 Å². The molecule has 0 radical (unpaired) electrons. The molecule has 2 bridgehead atoms. The number of hydrogen-bond donors (Lipinski definition) is 1. The first kappa shape index (κ1) is 19.3. The van der Waals surface area contributed by atoms with Crippen LogP contribution in [-0.4, -0.2) is 35.0 Å². The zero-order valence-corrected chi connectivity index (χ0v) is 16.8. The molecule has 3 aliphatic heterocycles. The van der Waals surface area contributed by atoms with Crippen LogP contribution in [0.1, 0.15) is 11.1 Å². The van der Waals surface area contributed by atoms with Crippen molar-refractivity contribution in [1.29, 1.82) is 0 Å². The first-order valence-corrected chi connectivity index (χ1v) is 10.3. The quantitative estimate of drug-likeness (QED) is 0.747. The van der Waals surface area contributed by atoms with Crippen LogP contribution in [0.2, 0.25) is 5.02 Å². The monoisotopic (exact) mass is 426 g/mol. The molecule has 2 fully saturated rings. The third kappa shape index (κ3) is 3.11. The molecule has 2 aromatic carbocycles. The second-order valence-electron chi connectivity index (χ2n) is 8.03. The van der Waals surface area contributed by atoms with E-state index in [2.05, 4.69) is 5.32 Å². The van der Waals surface area contributed by atoms with Crippen molar-refractivity contribution in [3.05, 3.63) is 82.6 Å². The van der Waals surface area contributed by atoms with Gasteiger partial charge in [-0.1, -0.05) is 54.1 Å². The maximum absolute atomic E-state index is 13.3. The molecule has 4 atom stereocenters. The van der Waals surface area contributed by atoms with E-state index in [0.717, 1.165) is 11.1 Å². The summed E-state index contributed by atoms with van der Waals surface area (Å²) in [6.07, 6.45) is 3.40. The topological polar surface area (TPSA) is 58.6 Å². The molecule has 1 spiro atoms. The van der Waals surface area contributed by atoms with Gasteiger partial charge < -0.3 is 15.0 Å². The van der Waals surface area contributed by atoms with E-state index in [1.165, 1.54) is 12.1 Å². The molecule has 0 aliphatic carbocycles. The lowest BCUT2D eigenvalue weighted by Gasteiger charge is -2.23. The lowest BCUT2D eigenvalue weighted by atomic mass is 9.77. The Kier molecular flexibility index (Phi) is 4.64. The van der Waals surface area contributed by atoms with Gasteiger partial charge in [-0.3, -0.25) is 9.59 Å². The van der Waals surface area contributed by atoms with Gasteiger partial charge in [0.25, 0.3) is 0 Å². The Hall–Kier alpha value is -2.70. The lowest BCUT2D eigenvalue weighted by Crippen LogP contribution is -2.43. The fourth-order valence-corrected chi connectivity index (χ4v) is 4.95. The van der Waals surface area contributed by atoms with E-state index in [4.69, 9.17) is 16.3 Å². The predicted molar refractivity (Wildman–Crippen MR) is 109 cm³/mol. The molecular weight excluding hydrogens is 407 g/mol. The maximum Gasteiger partial charge on any atom is 0.230 e. The van der Waals surface area contributed by atoms with Gasteiger partial charge in [-0.05, 0) is 29.3 Å². The van der Waals surface area contributed by atoms with Gasteiger partial charge in [-0.2, -0.15) is 0 Å². The number of benzene rings is 2. The Balaban J connectivity index is 1.32. The molecule has 1 unspecified atom stereocenters. The first-order chi connectivity index (χ1) is 14.5. The smallest absolute Gasteiger partial charge is 0.230 e. The molecule has 30 heavy (non-hydrogen) atoms. The van der Waals surface area contributed by atoms with Crippen LogP contribution in [0.5, 0.6) is 0 Å². The van der Waals surface area contributed by atoms with E-state index in [0.29, 0.717) is 18.1 Å². The molecule has 1 N–H and O–H groups in total. The van der Waals surface area contributed by atoms with Crippen molar-refractivity contribution >= 4 is 23.4 Å². The second kappa shape index (κ2) is 7.22. The van der Waals surface area contributed by atoms with Crippen LogP contribution in [-0.2, 0) is 27.4 Å². The highest BCUT2D eigenvalue weighted by Crippen LogP contribution is 2.52. The lowest BCUT2D eigenvalue weighted by molar-refractivity contribution is -0.137. The number of hydrogen-bond acceptors (Lipinski definition) is 3. The molecule has 2 amide bonds. The van der Waals surface area contributed by atoms with Crippen molar-refractivity contribution in [1.82, 2.24) is 10.2 Å². The van der Waals surface area contributed by atoms with Gasteiger partial charge in [0.2, 0.25) is 11.8 Å². The Labute approximate surface area is 178 Å². The summed E-state index contributed by atoms with van der Waals surface area (Å²) in [7, 11) is 0. The SMILES string of the molecule is O=C(NCc1ccc(F)cc1)C1[C@@H]2C=C[C@@]3(CN(Cc4ccccc4Cl)C(=O)[C@H]13)O2. The molecule has 3 heterocycles. The summed E-state index contributed by atoms with van der Waals surface area (Å²) >= 11 is 6.27. The highest BCUT2D eigenvalue weighted by atomic mass is 35.5. The van der Waals surface area contributed by atoms with E-state index in [-0.39, 0.29) is 24.2 Å². The summed E-state index contributed by atoms with van der Waals surface area (Å²) in [5.41, 5.74) is 0.887. The van der Waals surface area contributed by atoms with Crippen LogP contribution in [0.25, 0.3) is 0 Å². The highest BCUT2D eigenvalue weighted by molar-refractivity contribution is 6.31. The minimum absolute atomic E-state index is 0.0938. The number of carbonyl (C=O) groups excluding carboxylic acids is 2. The zero-order chi connectivity index (χ0) is 20.9. The van der Waals surface area contributed by atoms with Crippen LogP contribution < -0.4 is 5.32 Å². The Morgan fingerprint density at radius 1 is 1.23 bits per heavy atom. The Bertz CT molecular complexity index is 1040. The average molecular weight is 427 g/mol. The van der Waals surface area contributed by atoms with Gasteiger partial charge in [0, 0.05) is 18.1 Å². The standard InChI is InChI=1S/C23H20ClFN2O3/c24-17-4-2-1-3-15(17)12-27-13-23-10-9-18(30-23)19(20(23)22(27)29)21(28)26-11-14-5-7-16(25)8-6-14/h1-10,18-20H,11-13H2,(H,26,28)/t18-,19?,20-,23-/m0/s1. The Morgan fingerprint density at radius 3 is 2.77 bits per heavy atom. The molecule has 0 aromatic heterocycles. The highest BCUT2D eigenvalue weighted by Gasteiger charge is 2.66. The number of fused-ring (bicyclic) bond motifs is 1. The summed E-state index contributed by atoms with van der Waals surface area (Å²) in [6.45, 7) is 1.04. The van der Waals surface area contributed by atoms with Crippen LogP contribution >= 0.6 is 11.6 Å². The van der Waals surface area contributed by atoms with Gasteiger partial charge in [0.1, 0.15) is 11.4 Å². The fraction of sp³-hybridized carbons (Fsp3) is 0.304. The average Bonchev–Trinajstić information content (AvgIpc) is 3.37. The van der Waals surface area contributed by atoms with E-state index >= 15 is 0 Å². The molecule has 2 aromatic rings. The number of nitrogens with zero attached hydrogens (tertiary/aromatic N) is 1. The molecule has 2 saturated heterocycles. The largest absolute Gasteiger partial charge is 0.360 e. The van der Waals surface area contributed by atoms with Crippen molar-refractivity contribution in [2.75, 3.05) is 6.54 Å². The number of carbonyl (C=O) groups is 2. The van der Waals surface area contributed by atoms with Gasteiger partial charge in [-0.25, -0.2) is 4.39 Å². The molecule has 5 nitrogen and oxygen atoms in total. The van der Waals surface area contributed by atoms with Gasteiger partial charge >= 0.3 is 0 Å². The molecule has 3 aliphatic rings. The Morgan fingerprint density at radius 2 is 2.00 bits per heavy atom. The van der Waals surface area contributed by atoms with Crippen LogP contribution in [0.3, 0.4) is 0 Å². The molecule has 0 saturated carbocycles. The minimum atomic E-state index is -0.763. The third-order valence-electron chi connectivity index (χ3n) is 6.18. The van der Waals surface area contributed by atoms with E-state index in [9.17, 15) is 14.0 Å². The first-order valence-electron chi connectivity index (χ1n) is 9.88. The summed E-state index contributed by atoms with van der Waals surface area (Å²) in [4.78, 5) is 28.0. The van der Waals surface area contributed by atoms with Crippen molar-refractivity contribution in [3.63, 3.8) is 0 Å². The van der Waals surface area contributed by atoms with Gasteiger partial charge in [0.15, 0.2) is 0 Å². The van der Waals surface area contributed by atoms with E-state index < -0.39 is 23.5 Å². The summed E-state index contributed by atoms with van der Waals surface area (Å²) < 4.78 is 19.2. The summed E-state index contributed by atoms with van der Waals surface area (Å²) in [5, 5.41) is 3.49. The molecule has 7 heteroatoms. The minimum Gasteiger partial charge on any atom is -0.360 e. The third-order valence-corrected chi connectivity index (χ3v) is 6.55. The normalized spacial score (nSPS) is 28.8. The zero-order valence-electron chi connectivity index (χ0n) is 16.1. The summed E-state index contributed by atoms with van der Waals surface area (Å²) in [5.74, 6) is -1.78. The van der Waals surface area contributed by atoms with Crippen molar-refractivity contribution in [3.8, 4) is 0 Å². The van der Waals surface area contributed by atoms with Gasteiger partial charge in [-0.15, -0.1) is 0 Å². The second-order valence-corrected chi connectivity index (χ2v) is 8.44. The van der Waals surface area contributed by atoms with Crippen LogP contribution in [0.15, 0.2) is 60.7 Å². The van der Waals surface area contributed by atoms with Crippen molar-refractivity contribution in [2.45, 2.75) is 24.8 Å². The number of rotatable bonds is 5. The predicted octanol–water partition coefficient (Wildman–Crippen LogP) is 3.08. The number of amides is 2. The number of ether oxygens (including phenoxy) is 1. The summed E-state index contributed by atoms with van der Waals surface area (Å²) in [6, 6.07) is 13.4. The van der Waals surface area contributed by atoms with E-state index in [1.54, 1.807) is 23.1 Å². The number of likely N-dealkylation sites (tertiary alicyclic amines) is 1. The van der Waals surface area contributed by atoms with Crippen LogP contribution in [0, 0.1) is 17.7 Å². The fourth-order valence-electron chi connectivity index (χ4n) is 4.75. The van der Waals surface area contributed by atoms with E-state index in [1.807, 2.05) is 30.4 Å². The van der Waals surface area contributed by atoms with Crippen molar-refractivity contribution in [2.24, 2.45) is 11.8 Å². The molecular formula is C23H20ClFN2O3. The molecule has 154 valence electrons.